The summed E-state index contributed by atoms with van der Waals surface area (Å²) >= 11 is 12.3. The van der Waals surface area contributed by atoms with Crippen molar-refractivity contribution < 1.29 is 23.9 Å². The molecule has 0 aromatic heterocycles. The lowest BCUT2D eigenvalue weighted by atomic mass is 9.90. The van der Waals surface area contributed by atoms with E-state index in [4.69, 9.17) is 37.5 Å². The van der Waals surface area contributed by atoms with E-state index in [0.29, 0.717) is 35.4 Å². The maximum absolute atomic E-state index is 14.0. The largest absolute Gasteiger partial charge is 0.490 e. The monoisotopic (exact) mass is 588 g/mol. The van der Waals surface area contributed by atoms with Gasteiger partial charge in [-0.2, -0.15) is 0 Å². The van der Waals surface area contributed by atoms with Crippen LogP contribution in [0.5, 0.6) is 11.5 Å². The van der Waals surface area contributed by atoms with Gasteiger partial charge in [-0.15, -0.1) is 0 Å². The third-order valence-electron chi connectivity index (χ3n) is 7.13. The fourth-order valence-electron chi connectivity index (χ4n) is 5.26. The SMILES string of the molecule is CCOc1cc([C@H]2[C@H]3C(=O)N(c4ccc(Cl)c(Cl)c4)C(=O)[C@H]3ON2c2ccccc2)ccc1OCc1ccccc1. The molecule has 2 aliphatic rings. The van der Waals surface area contributed by atoms with Gasteiger partial charge in [0.25, 0.3) is 5.91 Å². The Kier molecular flexibility index (Phi) is 7.58. The molecule has 3 atom stereocenters. The number of nitrogens with zero attached hydrogens (tertiary/aromatic N) is 2. The number of imide groups is 1. The number of ether oxygens (including phenoxy) is 2. The third-order valence-corrected chi connectivity index (χ3v) is 7.87. The Morgan fingerprint density at radius 1 is 0.756 bits per heavy atom. The minimum atomic E-state index is -1.02. The molecular weight excluding hydrogens is 563 g/mol. The van der Waals surface area contributed by atoms with Crippen molar-refractivity contribution in [2.24, 2.45) is 5.92 Å². The molecule has 2 amide bonds. The molecule has 6 rings (SSSR count). The van der Waals surface area contributed by atoms with E-state index < -0.39 is 24.0 Å². The molecule has 4 aromatic carbocycles. The van der Waals surface area contributed by atoms with Crippen molar-refractivity contribution in [2.75, 3.05) is 16.6 Å². The topological polar surface area (TPSA) is 68.3 Å². The number of fused-ring (bicyclic) bond motifs is 1. The molecule has 2 heterocycles. The van der Waals surface area contributed by atoms with Crippen molar-refractivity contribution in [1.82, 2.24) is 0 Å². The van der Waals surface area contributed by atoms with Crippen molar-refractivity contribution in [2.45, 2.75) is 25.7 Å². The van der Waals surface area contributed by atoms with Crippen LogP contribution in [0.1, 0.15) is 24.1 Å². The van der Waals surface area contributed by atoms with Gasteiger partial charge in [0.2, 0.25) is 5.91 Å². The number of hydrogen-bond acceptors (Lipinski definition) is 6. The smallest absolute Gasteiger partial charge is 0.266 e. The summed E-state index contributed by atoms with van der Waals surface area (Å²) in [4.78, 5) is 35.0. The average Bonchev–Trinajstić information content (AvgIpc) is 3.50. The first-order chi connectivity index (χ1) is 20.0. The lowest BCUT2D eigenvalue weighted by molar-refractivity contribution is -0.126. The summed E-state index contributed by atoms with van der Waals surface area (Å²) < 4.78 is 12.1. The highest BCUT2D eigenvalue weighted by molar-refractivity contribution is 6.42. The molecule has 208 valence electrons. The summed E-state index contributed by atoms with van der Waals surface area (Å²) in [6.07, 6.45) is -1.02. The van der Waals surface area contributed by atoms with Gasteiger partial charge >= 0.3 is 0 Å². The van der Waals surface area contributed by atoms with Crippen LogP contribution in [0.3, 0.4) is 0 Å². The van der Waals surface area contributed by atoms with Gasteiger partial charge in [0.05, 0.1) is 34.1 Å². The average molecular weight is 589 g/mol. The number of anilines is 2. The molecule has 0 bridgehead atoms. The second kappa shape index (κ2) is 11.4. The molecule has 2 fully saturated rings. The quantitative estimate of drug-likeness (QED) is 0.206. The Bertz CT molecular complexity index is 1580. The maximum atomic E-state index is 14.0. The maximum Gasteiger partial charge on any atom is 0.266 e. The predicted octanol–water partition coefficient (Wildman–Crippen LogP) is 7.02. The van der Waals surface area contributed by atoms with Crippen LogP contribution in [-0.2, 0) is 21.0 Å². The molecule has 7 nitrogen and oxygen atoms in total. The van der Waals surface area contributed by atoms with Crippen LogP contribution in [0.15, 0.2) is 97.1 Å². The van der Waals surface area contributed by atoms with Crippen LogP contribution in [-0.4, -0.2) is 24.5 Å². The molecule has 0 N–H and O–H groups in total. The van der Waals surface area contributed by atoms with E-state index in [9.17, 15) is 9.59 Å². The normalized spacial score (nSPS) is 19.9. The second-order valence-electron chi connectivity index (χ2n) is 9.68. The van der Waals surface area contributed by atoms with Crippen molar-refractivity contribution >= 4 is 46.4 Å². The fraction of sp³-hybridized carbons (Fsp3) is 0.188. The minimum Gasteiger partial charge on any atom is -0.490 e. The summed E-state index contributed by atoms with van der Waals surface area (Å²) in [7, 11) is 0. The third kappa shape index (κ3) is 5.12. The zero-order chi connectivity index (χ0) is 28.5. The van der Waals surface area contributed by atoms with Crippen LogP contribution in [0, 0.1) is 5.92 Å². The number of para-hydroxylation sites is 1. The Hall–Kier alpha value is -4.04. The van der Waals surface area contributed by atoms with E-state index >= 15 is 0 Å². The van der Waals surface area contributed by atoms with Crippen LogP contribution in [0.2, 0.25) is 10.0 Å². The summed E-state index contributed by atoms with van der Waals surface area (Å²) in [5, 5.41) is 2.22. The Morgan fingerprint density at radius 2 is 1.49 bits per heavy atom. The number of benzene rings is 4. The summed E-state index contributed by atoms with van der Waals surface area (Å²) in [6, 6.07) is 28.9. The van der Waals surface area contributed by atoms with Gasteiger partial charge in [-0.3, -0.25) is 14.4 Å². The summed E-state index contributed by atoms with van der Waals surface area (Å²) in [6.45, 7) is 2.69. The van der Waals surface area contributed by atoms with Crippen LogP contribution in [0.4, 0.5) is 11.4 Å². The number of amides is 2. The molecule has 4 aromatic rings. The summed E-state index contributed by atoms with van der Waals surface area (Å²) in [5.74, 6) is -0.551. The van der Waals surface area contributed by atoms with Gasteiger partial charge in [-0.25, -0.2) is 9.96 Å². The Morgan fingerprint density at radius 3 is 2.20 bits per heavy atom. The molecule has 9 heteroatoms. The Balaban J connectivity index is 1.38. The van der Waals surface area contributed by atoms with E-state index in [1.807, 2.05) is 85.8 Å². The molecule has 0 spiro atoms. The number of hydroxylamine groups is 1. The number of rotatable bonds is 8. The zero-order valence-corrected chi connectivity index (χ0v) is 23.6. The van der Waals surface area contributed by atoms with Crippen LogP contribution in [0.25, 0.3) is 0 Å². The second-order valence-corrected chi connectivity index (χ2v) is 10.5. The van der Waals surface area contributed by atoms with Crippen molar-refractivity contribution in [3.63, 3.8) is 0 Å². The molecule has 0 saturated carbocycles. The minimum absolute atomic E-state index is 0.248. The van der Waals surface area contributed by atoms with Crippen molar-refractivity contribution in [3.05, 3.63) is 118 Å². The van der Waals surface area contributed by atoms with Crippen molar-refractivity contribution in [3.8, 4) is 11.5 Å². The number of hydrogen-bond donors (Lipinski definition) is 0. The van der Waals surface area contributed by atoms with Gasteiger partial charge in [0.1, 0.15) is 12.5 Å². The predicted molar refractivity (Wildman–Crippen MR) is 157 cm³/mol. The van der Waals surface area contributed by atoms with Gasteiger partial charge < -0.3 is 9.47 Å². The molecule has 41 heavy (non-hydrogen) atoms. The van der Waals surface area contributed by atoms with Crippen LogP contribution < -0.4 is 19.4 Å². The zero-order valence-electron chi connectivity index (χ0n) is 22.1. The van der Waals surface area contributed by atoms with Crippen molar-refractivity contribution in [1.29, 1.82) is 0 Å². The lowest BCUT2D eigenvalue weighted by Crippen LogP contribution is -2.37. The molecule has 0 aliphatic carbocycles. The molecule has 2 aliphatic heterocycles. The number of halogens is 2. The number of carbonyl (C=O) groups excluding carboxylic acids is 2. The molecular formula is C32H26Cl2N2O5. The van der Waals surface area contributed by atoms with E-state index in [1.54, 1.807) is 17.2 Å². The highest BCUT2D eigenvalue weighted by Gasteiger charge is 2.60. The fourth-order valence-corrected chi connectivity index (χ4v) is 5.55. The molecule has 2 saturated heterocycles. The van der Waals surface area contributed by atoms with Gasteiger partial charge in [0, 0.05) is 0 Å². The summed E-state index contributed by atoms with van der Waals surface area (Å²) in [5.41, 5.74) is 2.83. The van der Waals surface area contributed by atoms with Gasteiger partial charge in [-0.05, 0) is 60.5 Å². The molecule has 0 radical (unpaired) electrons. The van der Waals surface area contributed by atoms with E-state index in [0.717, 1.165) is 21.7 Å². The van der Waals surface area contributed by atoms with E-state index in [1.165, 1.54) is 6.07 Å². The first-order valence-electron chi connectivity index (χ1n) is 13.2. The first-order valence-corrected chi connectivity index (χ1v) is 14.0. The first kappa shape index (κ1) is 27.1. The number of carbonyl (C=O) groups is 2. The van der Waals surface area contributed by atoms with Gasteiger partial charge in [-0.1, -0.05) is 77.8 Å². The Labute approximate surface area is 247 Å². The van der Waals surface area contributed by atoms with E-state index in [-0.39, 0.29) is 10.9 Å². The highest BCUT2D eigenvalue weighted by atomic mass is 35.5. The highest BCUT2D eigenvalue weighted by Crippen LogP contribution is 2.49. The van der Waals surface area contributed by atoms with Gasteiger partial charge in [0.15, 0.2) is 17.6 Å². The molecule has 0 unspecified atom stereocenters. The van der Waals surface area contributed by atoms with E-state index in [2.05, 4.69) is 0 Å². The standard InChI is InChI=1S/C32H26Cl2N2O5/c1-2-39-27-17-21(13-16-26(27)40-19-20-9-5-3-6-10-20)29-28-30(41-36(29)22-11-7-4-8-12-22)32(38)35(31(28)37)23-14-15-24(33)25(34)18-23/h3-18,28-30H,2,19H2,1H3/t28-,29+,30+/m1/s1. The van der Waals surface area contributed by atoms with Crippen LogP contribution >= 0.6 is 23.2 Å². The lowest BCUT2D eigenvalue weighted by Gasteiger charge is -2.29.